The molecule has 7 heteroatoms. The van der Waals surface area contributed by atoms with Gasteiger partial charge in [0.25, 0.3) is 10.0 Å². The number of hydrogen-bond donors (Lipinski definition) is 2. The molecule has 0 fully saturated rings. The zero-order valence-corrected chi connectivity index (χ0v) is 7.33. The minimum atomic E-state index is -3.60. The standard InChI is InChI=1S/C5H4N2O3S2/c8-5-6-3-1-11-2-4(3)12(9,10)7-5/h1-2H,(H2,6,7,8). The van der Waals surface area contributed by atoms with Gasteiger partial charge in [0, 0.05) is 10.8 Å². The topological polar surface area (TPSA) is 75.3 Å². The Balaban J connectivity index is 2.68. The molecule has 0 bridgehead atoms. The zero-order valence-electron chi connectivity index (χ0n) is 5.70. The fourth-order valence-corrected chi connectivity index (χ4v) is 3.10. The fraction of sp³-hybridized carbons (Fsp3) is 0. The highest BCUT2D eigenvalue weighted by molar-refractivity contribution is 7.90. The number of urea groups is 1. The van der Waals surface area contributed by atoms with E-state index in [1.54, 1.807) is 5.38 Å². The zero-order chi connectivity index (χ0) is 8.77. The number of carbonyl (C=O) groups excluding carboxylic acids is 1. The summed E-state index contributed by atoms with van der Waals surface area (Å²) in [6.07, 6.45) is 0. The third-order valence-corrected chi connectivity index (χ3v) is 3.65. The van der Waals surface area contributed by atoms with E-state index in [1.165, 1.54) is 16.7 Å². The predicted octanol–water partition coefficient (Wildman–Crippen LogP) is 0.572. The van der Waals surface area contributed by atoms with Gasteiger partial charge < -0.3 is 5.32 Å². The molecule has 2 rings (SSSR count). The number of anilines is 1. The van der Waals surface area contributed by atoms with Crippen molar-refractivity contribution in [2.75, 3.05) is 5.32 Å². The normalized spacial score (nSPS) is 19.2. The first-order valence-electron chi connectivity index (χ1n) is 2.99. The molecule has 5 nitrogen and oxygen atoms in total. The van der Waals surface area contributed by atoms with Gasteiger partial charge >= 0.3 is 6.03 Å². The summed E-state index contributed by atoms with van der Waals surface area (Å²) in [5.74, 6) is 0. The third kappa shape index (κ3) is 0.978. The van der Waals surface area contributed by atoms with Crippen molar-refractivity contribution in [3.63, 3.8) is 0 Å². The van der Waals surface area contributed by atoms with E-state index in [0.29, 0.717) is 5.69 Å². The largest absolute Gasteiger partial charge is 0.333 e. The van der Waals surface area contributed by atoms with Crippen LogP contribution in [0.5, 0.6) is 0 Å². The van der Waals surface area contributed by atoms with Crippen molar-refractivity contribution in [3.8, 4) is 0 Å². The molecule has 1 aliphatic heterocycles. The minimum absolute atomic E-state index is 0.132. The van der Waals surface area contributed by atoms with Crippen LogP contribution in [0.15, 0.2) is 15.7 Å². The van der Waals surface area contributed by atoms with Crippen molar-refractivity contribution in [2.24, 2.45) is 0 Å². The van der Waals surface area contributed by atoms with Crippen LogP contribution in [0.25, 0.3) is 0 Å². The van der Waals surface area contributed by atoms with Crippen LogP contribution in [0, 0.1) is 0 Å². The minimum Gasteiger partial charge on any atom is -0.305 e. The van der Waals surface area contributed by atoms with Gasteiger partial charge in [-0.3, -0.25) is 0 Å². The molecule has 0 radical (unpaired) electrons. The average molecular weight is 204 g/mol. The van der Waals surface area contributed by atoms with Gasteiger partial charge in [0.1, 0.15) is 4.90 Å². The van der Waals surface area contributed by atoms with Crippen LogP contribution >= 0.6 is 11.3 Å². The molecule has 1 aromatic heterocycles. The van der Waals surface area contributed by atoms with E-state index in [2.05, 4.69) is 5.32 Å². The van der Waals surface area contributed by atoms with E-state index < -0.39 is 16.1 Å². The van der Waals surface area contributed by atoms with E-state index in [0.717, 1.165) is 0 Å². The van der Waals surface area contributed by atoms with Crippen molar-refractivity contribution < 1.29 is 13.2 Å². The molecule has 0 saturated carbocycles. The average Bonchev–Trinajstić information content (AvgIpc) is 2.32. The Labute approximate surface area is 72.5 Å². The first kappa shape index (κ1) is 7.56. The van der Waals surface area contributed by atoms with Gasteiger partial charge in [-0.1, -0.05) is 0 Å². The Bertz CT molecular complexity index is 433. The summed E-state index contributed by atoms with van der Waals surface area (Å²) < 4.78 is 24.2. The van der Waals surface area contributed by atoms with Crippen molar-refractivity contribution in [1.29, 1.82) is 0 Å². The molecule has 2 N–H and O–H groups in total. The molecular formula is C5H4N2O3S2. The summed E-state index contributed by atoms with van der Waals surface area (Å²) in [6, 6.07) is -0.707. The number of rotatable bonds is 0. The second-order valence-electron chi connectivity index (χ2n) is 2.21. The molecule has 0 unspecified atom stereocenters. The van der Waals surface area contributed by atoms with E-state index in [4.69, 9.17) is 0 Å². The molecule has 0 atom stereocenters. The molecule has 1 aromatic rings. The number of thiophene rings is 1. The van der Waals surface area contributed by atoms with Crippen molar-refractivity contribution >= 4 is 33.1 Å². The van der Waals surface area contributed by atoms with Crippen LogP contribution in [0.1, 0.15) is 0 Å². The van der Waals surface area contributed by atoms with Crippen molar-refractivity contribution in [3.05, 3.63) is 10.8 Å². The van der Waals surface area contributed by atoms with Crippen LogP contribution < -0.4 is 10.0 Å². The maximum Gasteiger partial charge on any atom is 0.333 e. The summed E-state index contributed by atoms with van der Waals surface area (Å²) in [5, 5.41) is 5.42. The summed E-state index contributed by atoms with van der Waals surface area (Å²) >= 11 is 1.23. The molecule has 0 aromatic carbocycles. The molecule has 0 saturated heterocycles. The van der Waals surface area contributed by atoms with Crippen molar-refractivity contribution in [1.82, 2.24) is 4.72 Å². The van der Waals surface area contributed by atoms with Gasteiger partial charge in [-0.25, -0.2) is 17.9 Å². The SMILES string of the molecule is O=C1Nc2cscc2S(=O)(=O)N1. The highest BCUT2D eigenvalue weighted by Gasteiger charge is 2.27. The molecular weight excluding hydrogens is 200 g/mol. The van der Waals surface area contributed by atoms with E-state index in [9.17, 15) is 13.2 Å². The van der Waals surface area contributed by atoms with Gasteiger partial charge in [0.15, 0.2) is 0 Å². The number of nitrogens with one attached hydrogen (secondary N) is 2. The van der Waals surface area contributed by atoms with Crippen LogP contribution in [0.2, 0.25) is 0 Å². The monoisotopic (exact) mass is 204 g/mol. The summed E-state index contributed by atoms with van der Waals surface area (Å²) in [7, 11) is -3.60. The summed E-state index contributed by atoms with van der Waals surface area (Å²) in [6.45, 7) is 0. The van der Waals surface area contributed by atoms with Gasteiger partial charge in [-0.2, -0.15) is 0 Å². The molecule has 2 amide bonds. The van der Waals surface area contributed by atoms with Gasteiger partial charge in [0.2, 0.25) is 0 Å². The predicted molar refractivity (Wildman–Crippen MR) is 43.7 cm³/mol. The first-order chi connectivity index (χ1) is 5.59. The van der Waals surface area contributed by atoms with Crippen LogP contribution in [-0.4, -0.2) is 14.4 Å². The second-order valence-corrected chi connectivity index (χ2v) is 4.60. The maximum atomic E-state index is 11.2. The third-order valence-electron chi connectivity index (χ3n) is 1.39. The molecule has 0 aliphatic carbocycles. The smallest absolute Gasteiger partial charge is 0.305 e. The quantitative estimate of drug-likeness (QED) is 0.648. The Kier molecular flexibility index (Phi) is 1.39. The number of carbonyl (C=O) groups is 1. The van der Waals surface area contributed by atoms with Crippen LogP contribution in [0.4, 0.5) is 10.5 Å². The number of amides is 2. The number of fused-ring (bicyclic) bond motifs is 1. The molecule has 0 spiro atoms. The van der Waals surface area contributed by atoms with E-state index >= 15 is 0 Å². The second kappa shape index (κ2) is 2.20. The van der Waals surface area contributed by atoms with E-state index in [1.807, 2.05) is 4.72 Å². The van der Waals surface area contributed by atoms with Crippen LogP contribution in [0.3, 0.4) is 0 Å². The van der Waals surface area contributed by atoms with Crippen molar-refractivity contribution in [2.45, 2.75) is 4.90 Å². The molecule has 64 valence electrons. The Morgan fingerprint density at radius 1 is 1.33 bits per heavy atom. The molecule has 1 aliphatic rings. The molecule has 2 heterocycles. The lowest BCUT2D eigenvalue weighted by atomic mass is 10.5. The lowest BCUT2D eigenvalue weighted by molar-refractivity contribution is 0.256. The lowest BCUT2D eigenvalue weighted by Gasteiger charge is -2.13. The maximum absolute atomic E-state index is 11.2. The fourth-order valence-electron chi connectivity index (χ4n) is 0.909. The van der Waals surface area contributed by atoms with E-state index in [-0.39, 0.29) is 4.90 Å². The number of sulfonamides is 1. The van der Waals surface area contributed by atoms with Gasteiger partial charge in [0.05, 0.1) is 5.69 Å². The summed E-state index contributed by atoms with van der Waals surface area (Å²) in [5.41, 5.74) is 0.351. The Morgan fingerprint density at radius 2 is 2.08 bits per heavy atom. The highest BCUT2D eigenvalue weighted by Crippen LogP contribution is 2.27. The van der Waals surface area contributed by atoms with Gasteiger partial charge in [-0.15, -0.1) is 11.3 Å². The lowest BCUT2D eigenvalue weighted by Crippen LogP contribution is -2.38. The Hall–Kier alpha value is -1.08. The highest BCUT2D eigenvalue weighted by atomic mass is 32.2. The van der Waals surface area contributed by atoms with Crippen LogP contribution in [-0.2, 0) is 10.0 Å². The molecule has 12 heavy (non-hydrogen) atoms. The Morgan fingerprint density at radius 3 is 2.83 bits per heavy atom. The number of hydrogen-bond acceptors (Lipinski definition) is 4. The first-order valence-corrected chi connectivity index (χ1v) is 5.42. The summed E-state index contributed by atoms with van der Waals surface area (Å²) in [4.78, 5) is 10.9. The van der Waals surface area contributed by atoms with Gasteiger partial charge in [-0.05, 0) is 0 Å².